The molecule has 4 atom stereocenters. The van der Waals surface area contributed by atoms with Crippen molar-refractivity contribution in [2.75, 3.05) is 11.9 Å². The third-order valence-electron chi connectivity index (χ3n) is 6.97. The van der Waals surface area contributed by atoms with Gasteiger partial charge in [-0.15, -0.1) is 0 Å². The van der Waals surface area contributed by atoms with Crippen LogP contribution in [-0.4, -0.2) is 41.1 Å². The molecule has 9 heteroatoms. The number of nitrogens with two attached hydrogens (primary N) is 1. The second-order valence-electron chi connectivity index (χ2n) is 8.90. The zero-order valence-electron chi connectivity index (χ0n) is 17.9. The number of hydrogen-bond acceptors (Lipinski definition) is 5. The van der Waals surface area contributed by atoms with Crippen LogP contribution in [0.15, 0.2) is 42.5 Å². The number of anilines is 1. The summed E-state index contributed by atoms with van der Waals surface area (Å²) in [6.07, 6.45) is 0.322. The van der Waals surface area contributed by atoms with Crippen LogP contribution >= 0.6 is 11.6 Å². The monoisotopic (exact) mass is 466 g/mol. The number of primary amides is 1. The van der Waals surface area contributed by atoms with Crippen molar-refractivity contribution in [1.82, 2.24) is 10.2 Å². The molecule has 8 nitrogen and oxygen atoms in total. The maximum atomic E-state index is 13.7. The van der Waals surface area contributed by atoms with Gasteiger partial charge in [0, 0.05) is 35.3 Å². The lowest BCUT2D eigenvalue weighted by Crippen LogP contribution is -2.53. The van der Waals surface area contributed by atoms with E-state index < -0.39 is 47.0 Å². The smallest absolute Gasteiger partial charge is 0.250 e. The van der Waals surface area contributed by atoms with Gasteiger partial charge >= 0.3 is 0 Å². The molecule has 0 radical (unpaired) electrons. The first-order valence-electron chi connectivity index (χ1n) is 10.8. The predicted octanol–water partition coefficient (Wildman–Crippen LogP) is 1.49. The largest absolute Gasteiger partial charge is 0.370 e. The third kappa shape index (κ3) is 3.16. The number of aryl methyl sites for hydroxylation is 1. The van der Waals surface area contributed by atoms with Crippen molar-refractivity contribution in [2.24, 2.45) is 17.6 Å². The van der Waals surface area contributed by atoms with Crippen LogP contribution in [0.4, 0.5) is 5.69 Å². The zero-order chi connectivity index (χ0) is 23.5. The Labute approximate surface area is 195 Å². The molecule has 3 heterocycles. The highest BCUT2D eigenvalue weighted by Gasteiger charge is 2.70. The van der Waals surface area contributed by atoms with E-state index in [-0.39, 0.29) is 13.0 Å². The highest BCUT2D eigenvalue weighted by molar-refractivity contribution is 6.31. The molecule has 2 aromatic rings. The van der Waals surface area contributed by atoms with Gasteiger partial charge in [-0.2, -0.15) is 0 Å². The molecular formula is C24H23ClN4O4. The van der Waals surface area contributed by atoms with Crippen molar-refractivity contribution in [3.63, 3.8) is 0 Å². The van der Waals surface area contributed by atoms with Crippen molar-refractivity contribution >= 4 is 40.9 Å². The van der Waals surface area contributed by atoms with Gasteiger partial charge in [0.1, 0.15) is 5.54 Å². The van der Waals surface area contributed by atoms with Crippen LogP contribution in [-0.2, 0) is 31.1 Å². The SMILES string of the molecule is Cc1cc(Cl)cc2c1NC(=O)[C@@]21N[C@@H](CC(N)=O)[C@H]2C(=O)N(CCc3ccccc3)C(=O)[C@H]21. The topological polar surface area (TPSA) is 122 Å². The molecule has 5 rings (SSSR count). The maximum Gasteiger partial charge on any atom is 0.250 e. The summed E-state index contributed by atoms with van der Waals surface area (Å²) in [6.45, 7) is 2.00. The summed E-state index contributed by atoms with van der Waals surface area (Å²) >= 11 is 6.31. The van der Waals surface area contributed by atoms with Crippen LogP contribution in [0, 0.1) is 18.8 Å². The van der Waals surface area contributed by atoms with E-state index in [2.05, 4.69) is 10.6 Å². The van der Waals surface area contributed by atoms with Crippen LogP contribution in [0.1, 0.15) is 23.1 Å². The molecular weight excluding hydrogens is 444 g/mol. The first-order valence-corrected chi connectivity index (χ1v) is 11.2. The third-order valence-corrected chi connectivity index (χ3v) is 7.18. The van der Waals surface area contributed by atoms with Crippen LogP contribution in [0.25, 0.3) is 0 Å². The summed E-state index contributed by atoms with van der Waals surface area (Å²) in [4.78, 5) is 53.6. The van der Waals surface area contributed by atoms with Crippen molar-refractivity contribution in [2.45, 2.75) is 31.3 Å². The number of halogens is 1. The lowest BCUT2D eigenvalue weighted by molar-refractivity contribution is -0.142. The number of benzene rings is 2. The molecule has 2 aromatic carbocycles. The number of carbonyl (C=O) groups is 4. The summed E-state index contributed by atoms with van der Waals surface area (Å²) in [6, 6.07) is 12.2. The Morgan fingerprint density at radius 2 is 1.88 bits per heavy atom. The standard InChI is InChI=1S/C24H23ClN4O4/c1-12-9-14(25)10-15-20(12)27-23(33)24(15)19-18(16(28-24)11-17(26)30)21(31)29(22(19)32)8-7-13-5-3-2-4-6-13/h2-6,9-10,16,18-19,28H,7-8,11H2,1H3,(H2,26,30)(H,27,33)/t16-,18+,19-,24+/m0/s1. The van der Waals surface area contributed by atoms with Gasteiger partial charge in [-0.3, -0.25) is 29.4 Å². The van der Waals surface area contributed by atoms with Gasteiger partial charge in [-0.1, -0.05) is 41.9 Å². The minimum atomic E-state index is -1.50. The summed E-state index contributed by atoms with van der Waals surface area (Å²) in [5.74, 6) is -3.75. The zero-order valence-corrected chi connectivity index (χ0v) is 18.7. The fourth-order valence-corrected chi connectivity index (χ4v) is 5.86. The maximum absolute atomic E-state index is 13.7. The Bertz CT molecular complexity index is 1200. The lowest BCUT2D eigenvalue weighted by Gasteiger charge is -2.29. The fraction of sp³-hybridized carbons (Fsp3) is 0.333. The minimum absolute atomic E-state index is 0.170. The Balaban J connectivity index is 1.57. The van der Waals surface area contributed by atoms with Crippen molar-refractivity contribution in [1.29, 1.82) is 0 Å². The average molecular weight is 467 g/mol. The summed E-state index contributed by atoms with van der Waals surface area (Å²) in [5.41, 5.74) is 6.79. The molecule has 3 aliphatic heterocycles. The van der Waals surface area contributed by atoms with Crippen LogP contribution < -0.4 is 16.4 Å². The second-order valence-corrected chi connectivity index (χ2v) is 9.33. The highest BCUT2D eigenvalue weighted by Crippen LogP contribution is 2.54. The van der Waals surface area contributed by atoms with E-state index in [1.54, 1.807) is 12.1 Å². The molecule has 0 aliphatic carbocycles. The van der Waals surface area contributed by atoms with E-state index in [1.165, 1.54) is 4.90 Å². The van der Waals surface area contributed by atoms with E-state index in [0.717, 1.165) is 11.1 Å². The summed E-state index contributed by atoms with van der Waals surface area (Å²) in [5, 5.41) is 6.45. The molecule has 33 heavy (non-hydrogen) atoms. The minimum Gasteiger partial charge on any atom is -0.370 e. The van der Waals surface area contributed by atoms with Gasteiger partial charge in [0.05, 0.1) is 11.8 Å². The van der Waals surface area contributed by atoms with Gasteiger partial charge in [0.25, 0.3) is 0 Å². The lowest BCUT2D eigenvalue weighted by atomic mass is 9.76. The first kappa shape index (κ1) is 21.6. The predicted molar refractivity (Wildman–Crippen MR) is 121 cm³/mol. The molecule has 170 valence electrons. The Morgan fingerprint density at radius 1 is 1.15 bits per heavy atom. The Hall–Kier alpha value is -3.23. The molecule has 1 spiro atoms. The number of imide groups is 1. The molecule has 2 saturated heterocycles. The van der Waals surface area contributed by atoms with E-state index in [9.17, 15) is 19.2 Å². The van der Waals surface area contributed by atoms with E-state index in [1.807, 2.05) is 37.3 Å². The number of hydrogen-bond donors (Lipinski definition) is 3. The number of carbonyl (C=O) groups excluding carboxylic acids is 4. The molecule has 4 amide bonds. The Kier molecular flexibility index (Phi) is 5.02. The molecule has 0 bridgehead atoms. The Morgan fingerprint density at radius 3 is 2.58 bits per heavy atom. The number of likely N-dealkylation sites (tertiary alicyclic amines) is 1. The quantitative estimate of drug-likeness (QED) is 0.576. The normalized spacial score (nSPS) is 27.8. The molecule has 2 fully saturated rings. The number of amides is 4. The van der Waals surface area contributed by atoms with Gasteiger partial charge in [0.15, 0.2) is 0 Å². The molecule has 0 unspecified atom stereocenters. The molecule has 3 aliphatic rings. The molecule has 0 saturated carbocycles. The van der Waals surface area contributed by atoms with Gasteiger partial charge in [-0.25, -0.2) is 0 Å². The molecule has 4 N–H and O–H groups in total. The van der Waals surface area contributed by atoms with E-state index in [4.69, 9.17) is 17.3 Å². The van der Waals surface area contributed by atoms with E-state index in [0.29, 0.717) is 22.7 Å². The van der Waals surface area contributed by atoms with Gasteiger partial charge in [0.2, 0.25) is 23.6 Å². The number of fused-ring (bicyclic) bond motifs is 4. The number of nitrogens with one attached hydrogen (secondary N) is 2. The first-order chi connectivity index (χ1) is 15.7. The van der Waals surface area contributed by atoms with Gasteiger partial charge in [-0.05, 0) is 36.6 Å². The van der Waals surface area contributed by atoms with Crippen LogP contribution in [0.2, 0.25) is 5.02 Å². The second kappa shape index (κ2) is 7.67. The average Bonchev–Trinajstić information content (AvgIpc) is 3.33. The summed E-state index contributed by atoms with van der Waals surface area (Å²) in [7, 11) is 0. The van der Waals surface area contributed by atoms with Crippen molar-refractivity contribution < 1.29 is 19.2 Å². The van der Waals surface area contributed by atoms with Crippen molar-refractivity contribution in [3.05, 3.63) is 64.2 Å². The number of nitrogens with zero attached hydrogens (tertiary/aromatic N) is 1. The fourth-order valence-electron chi connectivity index (χ4n) is 5.59. The number of rotatable bonds is 5. The van der Waals surface area contributed by atoms with Gasteiger partial charge < -0.3 is 11.1 Å². The molecule has 0 aromatic heterocycles. The van der Waals surface area contributed by atoms with E-state index >= 15 is 0 Å². The summed E-state index contributed by atoms with van der Waals surface area (Å²) < 4.78 is 0. The van der Waals surface area contributed by atoms with Crippen LogP contribution in [0.3, 0.4) is 0 Å². The van der Waals surface area contributed by atoms with Crippen molar-refractivity contribution in [3.8, 4) is 0 Å². The van der Waals surface area contributed by atoms with Crippen LogP contribution in [0.5, 0.6) is 0 Å². The highest BCUT2D eigenvalue weighted by atomic mass is 35.5.